The summed E-state index contributed by atoms with van der Waals surface area (Å²) in [6.45, 7) is 4.44. The van der Waals surface area contributed by atoms with Crippen molar-refractivity contribution in [2.45, 2.75) is 32.6 Å². The molecule has 1 fully saturated rings. The monoisotopic (exact) mass is 249 g/mol. The lowest BCUT2D eigenvalue weighted by molar-refractivity contribution is 0.374. The summed E-state index contributed by atoms with van der Waals surface area (Å²) < 4.78 is 5.17. The summed E-state index contributed by atoms with van der Waals surface area (Å²) >= 11 is 0. The summed E-state index contributed by atoms with van der Waals surface area (Å²) in [5, 5.41) is 0. The van der Waals surface area contributed by atoms with Gasteiger partial charge in [-0.3, -0.25) is 0 Å². The number of piperidine rings is 1. The van der Waals surface area contributed by atoms with Crippen molar-refractivity contribution >= 4 is 11.5 Å². The van der Waals surface area contributed by atoms with Crippen LogP contribution in [0.15, 0.2) is 12.1 Å². The van der Waals surface area contributed by atoms with E-state index >= 15 is 0 Å². The molecule has 1 saturated heterocycles. The fraction of sp³-hybridized carbons (Fsp3) is 0.643. The van der Waals surface area contributed by atoms with Crippen LogP contribution in [-0.4, -0.2) is 25.2 Å². The molecule has 0 radical (unpaired) electrons. The molecule has 4 heteroatoms. The molecule has 18 heavy (non-hydrogen) atoms. The van der Waals surface area contributed by atoms with Crippen molar-refractivity contribution in [1.29, 1.82) is 0 Å². The molecular formula is C14H23N3O. The molecule has 4 nitrogen and oxygen atoms in total. The SMILES string of the molecule is CCCC1CCN(c2ccc(N)c(OC)n2)CC1. The molecule has 0 bridgehead atoms. The summed E-state index contributed by atoms with van der Waals surface area (Å²) in [4.78, 5) is 6.79. The van der Waals surface area contributed by atoms with E-state index < -0.39 is 0 Å². The summed E-state index contributed by atoms with van der Waals surface area (Å²) in [5.74, 6) is 2.40. The molecule has 0 saturated carbocycles. The van der Waals surface area contributed by atoms with Crippen molar-refractivity contribution in [3.63, 3.8) is 0 Å². The van der Waals surface area contributed by atoms with Gasteiger partial charge >= 0.3 is 0 Å². The normalized spacial score (nSPS) is 16.9. The van der Waals surface area contributed by atoms with Crippen LogP contribution in [0.1, 0.15) is 32.6 Å². The van der Waals surface area contributed by atoms with E-state index in [1.807, 2.05) is 12.1 Å². The second-order valence-corrected chi connectivity index (χ2v) is 4.99. The summed E-state index contributed by atoms with van der Waals surface area (Å²) in [6, 6.07) is 3.86. The first-order valence-electron chi connectivity index (χ1n) is 6.80. The molecule has 0 atom stereocenters. The van der Waals surface area contributed by atoms with E-state index in [2.05, 4.69) is 16.8 Å². The minimum Gasteiger partial charge on any atom is -0.479 e. The lowest BCUT2D eigenvalue weighted by atomic mass is 9.92. The van der Waals surface area contributed by atoms with Crippen molar-refractivity contribution in [2.75, 3.05) is 30.8 Å². The fourth-order valence-electron chi connectivity index (χ4n) is 2.64. The Morgan fingerprint density at radius 1 is 1.39 bits per heavy atom. The average molecular weight is 249 g/mol. The van der Waals surface area contributed by atoms with E-state index in [4.69, 9.17) is 10.5 Å². The summed E-state index contributed by atoms with van der Waals surface area (Å²) in [6.07, 6.45) is 5.18. The topological polar surface area (TPSA) is 51.4 Å². The predicted molar refractivity (Wildman–Crippen MR) is 75.0 cm³/mol. The highest BCUT2D eigenvalue weighted by Crippen LogP contribution is 2.27. The van der Waals surface area contributed by atoms with Crippen molar-refractivity contribution < 1.29 is 4.74 Å². The van der Waals surface area contributed by atoms with Crippen LogP contribution in [0.5, 0.6) is 5.88 Å². The van der Waals surface area contributed by atoms with Gasteiger partial charge in [0.05, 0.1) is 12.8 Å². The van der Waals surface area contributed by atoms with Crippen LogP contribution in [0.4, 0.5) is 11.5 Å². The Hall–Kier alpha value is -1.45. The van der Waals surface area contributed by atoms with Crippen LogP contribution in [0, 0.1) is 5.92 Å². The number of nitrogens with two attached hydrogens (primary N) is 1. The maximum Gasteiger partial charge on any atom is 0.238 e. The fourth-order valence-corrected chi connectivity index (χ4v) is 2.64. The molecule has 1 aromatic heterocycles. The molecule has 0 aliphatic carbocycles. The van der Waals surface area contributed by atoms with Crippen molar-refractivity contribution in [1.82, 2.24) is 4.98 Å². The Kier molecular flexibility index (Phi) is 4.28. The molecule has 1 aliphatic rings. The lowest BCUT2D eigenvalue weighted by Crippen LogP contribution is -2.34. The molecule has 0 amide bonds. The lowest BCUT2D eigenvalue weighted by Gasteiger charge is -2.32. The Labute approximate surface area is 109 Å². The summed E-state index contributed by atoms with van der Waals surface area (Å²) in [5.41, 5.74) is 6.38. The summed E-state index contributed by atoms with van der Waals surface area (Å²) in [7, 11) is 1.61. The Balaban J connectivity index is 2.01. The Morgan fingerprint density at radius 3 is 2.72 bits per heavy atom. The zero-order valence-electron chi connectivity index (χ0n) is 11.4. The second kappa shape index (κ2) is 5.94. The first kappa shape index (κ1) is 13.0. The predicted octanol–water partition coefficient (Wildman–Crippen LogP) is 2.69. The number of aromatic nitrogens is 1. The maximum absolute atomic E-state index is 5.79. The first-order valence-corrected chi connectivity index (χ1v) is 6.80. The van der Waals surface area contributed by atoms with Crippen molar-refractivity contribution in [2.24, 2.45) is 5.92 Å². The Bertz CT molecular complexity index is 387. The maximum atomic E-state index is 5.79. The molecule has 100 valence electrons. The molecule has 2 rings (SSSR count). The molecule has 1 aliphatic heterocycles. The van der Waals surface area contributed by atoms with Gasteiger partial charge in [0.2, 0.25) is 5.88 Å². The number of nitrogens with zero attached hydrogens (tertiary/aromatic N) is 2. The number of anilines is 2. The average Bonchev–Trinajstić information content (AvgIpc) is 2.41. The highest BCUT2D eigenvalue weighted by Gasteiger charge is 2.20. The quantitative estimate of drug-likeness (QED) is 0.891. The Morgan fingerprint density at radius 2 is 2.11 bits per heavy atom. The van der Waals surface area contributed by atoms with Crippen LogP contribution < -0.4 is 15.4 Å². The highest BCUT2D eigenvalue weighted by molar-refractivity contribution is 5.54. The van der Waals surface area contributed by atoms with E-state index in [0.717, 1.165) is 24.8 Å². The van der Waals surface area contributed by atoms with Crippen LogP contribution in [0.2, 0.25) is 0 Å². The van der Waals surface area contributed by atoms with Crippen LogP contribution in [0.25, 0.3) is 0 Å². The van der Waals surface area contributed by atoms with Crippen LogP contribution in [0.3, 0.4) is 0 Å². The van der Waals surface area contributed by atoms with E-state index in [1.165, 1.54) is 25.7 Å². The first-order chi connectivity index (χ1) is 8.74. The molecular weight excluding hydrogens is 226 g/mol. The minimum atomic E-state index is 0.531. The zero-order valence-corrected chi connectivity index (χ0v) is 11.4. The number of hydrogen-bond donors (Lipinski definition) is 1. The third-order valence-electron chi connectivity index (χ3n) is 3.70. The number of nitrogen functional groups attached to an aromatic ring is 1. The number of rotatable bonds is 4. The second-order valence-electron chi connectivity index (χ2n) is 4.99. The smallest absolute Gasteiger partial charge is 0.238 e. The zero-order chi connectivity index (χ0) is 13.0. The van der Waals surface area contributed by atoms with E-state index in [-0.39, 0.29) is 0 Å². The van der Waals surface area contributed by atoms with E-state index in [1.54, 1.807) is 7.11 Å². The minimum absolute atomic E-state index is 0.531. The molecule has 2 N–H and O–H groups in total. The number of ether oxygens (including phenoxy) is 1. The highest BCUT2D eigenvalue weighted by atomic mass is 16.5. The largest absolute Gasteiger partial charge is 0.479 e. The van der Waals surface area contributed by atoms with Crippen LogP contribution in [-0.2, 0) is 0 Å². The van der Waals surface area contributed by atoms with Gasteiger partial charge in [0.15, 0.2) is 0 Å². The molecule has 0 unspecified atom stereocenters. The molecule has 0 spiro atoms. The van der Waals surface area contributed by atoms with Crippen molar-refractivity contribution in [3.05, 3.63) is 12.1 Å². The van der Waals surface area contributed by atoms with Gasteiger partial charge < -0.3 is 15.4 Å². The third kappa shape index (κ3) is 2.86. The number of pyridine rings is 1. The van der Waals surface area contributed by atoms with Gasteiger partial charge in [-0.25, -0.2) is 0 Å². The number of hydrogen-bond acceptors (Lipinski definition) is 4. The standard InChI is InChI=1S/C14H23N3O/c1-3-4-11-7-9-17(10-8-11)13-6-5-12(15)14(16-13)18-2/h5-6,11H,3-4,7-10,15H2,1-2H3. The third-order valence-corrected chi connectivity index (χ3v) is 3.70. The van der Waals surface area contributed by atoms with E-state index in [0.29, 0.717) is 11.6 Å². The van der Waals surface area contributed by atoms with Crippen molar-refractivity contribution in [3.8, 4) is 5.88 Å². The van der Waals surface area contributed by atoms with Gasteiger partial charge in [0, 0.05) is 13.1 Å². The van der Waals surface area contributed by atoms with Gasteiger partial charge in [0.1, 0.15) is 5.82 Å². The molecule has 1 aromatic rings. The van der Waals surface area contributed by atoms with E-state index in [9.17, 15) is 0 Å². The molecule has 2 heterocycles. The number of methoxy groups -OCH3 is 1. The van der Waals surface area contributed by atoms with Crippen LogP contribution >= 0.6 is 0 Å². The van der Waals surface area contributed by atoms with Gasteiger partial charge in [-0.2, -0.15) is 4.98 Å². The van der Waals surface area contributed by atoms with Gasteiger partial charge in [-0.1, -0.05) is 19.8 Å². The molecule has 0 aromatic carbocycles. The van der Waals surface area contributed by atoms with Gasteiger partial charge in [-0.15, -0.1) is 0 Å². The van der Waals surface area contributed by atoms with Gasteiger partial charge in [0.25, 0.3) is 0 Å². The van der Waals surface area contributed by atoms with Gasteiger partial charge in [-0.05, 0) is 30.9 Å².